The summed E-state index contributed by atoms with van der Waals surface area (Å²) in [6.45, 7) is 2.81. The number of ether oxygens (including phenoxy) is 1. The number of aryl methyl sites for hydroxylation is 1. The highest BCUT2D eigenvalue weighted by Crippen LogP contribution is 2.33. The molecule has 184 valence electrons. The van der Waals surface area contributed by atoms with E-state index in [4.69, 9.17) is 4.74 Å². The van der Waals surface area contributed by atoms with Crippen LogP contribution in [0.2, 0.25) is 0 Å². The van der Waals surface area contributed by atoms with Gasteiger partial charge in [-0.3, -0.25) is 24.0 Å². The quantitative estimate of drug-likeness (QED) is 0.394. The molecule has 2 aromatic rings. The minimum atomic E-state index is -4.07. The molecule has 0 saturated heterocycles. The molecule has 2 amide bonds. The van der Waals surface area contributed by atoms with Crippen LogP contribution in [0, 0.1) is 17.0 Å². The van der Waals surface area contributed by atoms with E-state index < -0.39 is 39.3 Å². The third-order valence-corrected chi connectivity index (χ3v) is 6.33. The number of non-ortho nitro benzene ring substituents is 1. The molecule has 1 atom stereocenters. The van der Waals surface area contributed by atoms with Crippen LogP contribution in [0.15, 0.2) is 42.5 Å². The molecule has 0 unspecified atom stereocenters. The highest BCUT2D eigenvalue weighted by atomic mass is 32.2. The number of rotatable bonds is 10. The second-order valence-corrected chi connectivity index (χ2v) is 9.59. The van der Waals surface area contributed by atoms with Crippen LogP contribution < -0.4 is 14.4 Å². The first kappa shape index (κ1) is 26.6. The summed E-state index contributed by atoms with van der Waals surface area (Å²) in [6.07, 6.45) is 0.880. The Morgan fingerprint density at radius 3 is 2.29 bits per heavy atom. The standard InChI is InChI=1S/C22H28N4O7S/c1-15-6-8-17(9-7-15)13-24(16(2)22(28)23-3)21(27)14-25(34(5,31)32)19-12-18(26(29)30)10-11-20(19)33-4/h6-12,16H,13-14H2,1-5H3,(H,23,28)/t16-/m0/s1. The van der Waals surface area contributed by atoms with E-state index in [9.17, 15) is 28.1 Å². The Morgan fingerprint density at radius 2 is 1.79 bits per heavy atom. The van der Waals surface area contributed by atoms with Crippen molar-refractivity contribution in [3.05, 3.63) is 63.7 Å². The van der Waals surface area contributed by atoms with Crippen molar-refractivity contribution in [2.75, 3.05) is 31.3 Å². The van der Waals surface area contributed by atoms with Crippen LogP contribution in [0.25, 0.3) is 0 Å². The van der Waals surface area contributed by atoms with E-state index >= 15 is 0 Å². The van der Waals surface area contributed by atoms with Gasteiger partial charge in [0, 0.05) is 25.7 Å². The molecule has 34 heavy (non-hydrogen) atoms. The van der Waals surface area contributed by atoms with Gasteiger partial charge in [-0.15, -0.1) is 0 Å². The van der Waals surface area contributed by atoms with Crippen molar-refractivity contribution in [3.63, 3.8) is 0 Å². The van der Waals surface area contributed by atoms with Crippen molar-refractivity contribution >= 4 is 33.2 Å². The molecule has 1 N–H and O–H groups in total. The molecule has 0 aliphatic carbocycles. The van der Waals surface area contributed by atoms with Gasteiger partial charge in [0.1, 0.15) is 24.0 Å². The minimum Gasteiger partial charge on any atom is -0.495 e. The number of benzene rings is 2. The average Bonchev–Trinajstić information content (AvgIpc) is 2.79. The van der Waals surface area contributed by atoms with Gasteiger partial charge in [-0.1, -0.05) is 29.8 Å². The van der Waals surface area contributed by atoms with Gasteiger partial charge in [-0.05, 0) is 25.5 Å². The van der Waals surface area contributed by atoms with Crippen LogP contribution in [0.4, 0.5) is 11.4 Å². The number of anilines is 1. The number of hydrogen-bond acceptors (Lipinski definition) is 7. The van der Waals surface area contributed by atoms with Crippen molar-refractivity contribution in [2.24, 2.45) is 0 Å². The van der Waals surface area contributed by atoms with Crippen LogP contribution in [-0.2, 0) is 26.2 Å². The summed E-state index contributed by atoms with van der Waals surface area (Å²) in [5.41, 5.74) is 1.23. The Kier molecular flexibility index (Phi) is 8.57. The number of likely N-dealkylation sites (N-methyl/N-ethyl adjacent to an activating group) is 1. The van der Waals surface area contributed by atoms with Gasteiger partial charge in [-0.2, -0.15) is 0 Å². The van der Waals surface area contributed by atoms with Gasteiger partial charge in [0.05, 0.1) is 18.3 Å². The molecule has 0 aliphatic rings. The first-order chi connectivity index (χ1) is 15.9. The molecule has 0 aromatic heterocycles. The van der Waals surface area contributed by atoms with Crippen LogP contribution in [0.5, 0.6) is 5.75 Å². The van der Waals surface area contributed by atoms with E-state index in [1.165, 1.54) is 38.1 Å². The van der Waals surface area contributed by atoms with Gasteiger partial charge in [-0.25, -0.2) is 8.42 Å². The van der Waals surface area contributed by atoms with E-state index in [0.717, 1.165) is 27.8 Å². The largest absolute Gasteiger partial charge is 0.495 e. The maximum atomic E-state index is 13.4. The third kappa shape index (κ3) is 6.44. The Bertz CT molecular complexity index is 1170. The lowest BCUT2D eigenvalue weighted by molar-refractivity contribution is -0.384. The lowest BCUT2D eigenvalue weighted by Crippen LogP contribution is -2.50. The van der Waals surface area contributed by atoms with Gasteiger partial charge < -0.3 is 15.0 Å². The average molecular weight is 493 g/mol. The zero-order valence-electron chi connectivity index (χ0n) is 19.6. The summed E-state index contributed by atoms with van der Waals surface area (Å²) in [5, 5.41) is 13.7. The molecule has 0 heterocycles. The van der Waals surface area contributed by atoms with Crippen molar-refractivity contribution in [3.8, 4) is 5.75 Å². The molecule has 0 spiro atoms. The summed E-state index contributed by atoms with van der Waals surface area (Å²) in [7, 11) is -1.35. The minimum absolute atomic E-state index is 0.0354. The van der Waals surface area contributed by atoms with Crippen LogP contribution >= 0.6 is 0 Å². The zero-order chi connectivity index (χ0) is 25.6. The molecule has 12 heteroatoms. The number of carbonyl (C=O) groups is 2. The second-order valence-electron chi connectivity index (χ2n) is 7.68. The Balaban J connectivity index is 2.50. The number of carbonyl (C=O) groups excluding carboxylic acids is 2. The summed E-state index contributed by atoms with van der Waals surface area (Å²) in [6, 6.07) is 9.88. The first-order valence-corrected chi connectivity index (χ1v) is 12.1. The van der Waals surface area contributed by atoms with Crippen molar-refractivity contribution in [2.45, 2.75) is 26.4 Å². The Morgan fingerprint density at radius 1 is 1.18 bits per heavy atom. The lowest BCUT2D eigenvalue weighted by atomic mass is 10.1. The molecule has 2 aromatic carbocycles. The number of nitro groups is 1. The zero-order valence-corrected chi connectivity index (χ0v) is 20.5. The van der Waals surface area contributed by atoms with E-state index in [-0.39, 0.29) is 23.7 Å². The molecule has 0 fully saturated rings. The van der Waals surface area contributed by atoms with E-state index in [0.29, 0.717) is 0 Å². The molecule has 11 nitrogen and oxygen atoms in total. The van der Waals surface area contributed by atoms with E-state index in [1.54, 1.807) is 0 Å². The fraction of sp³-hybridized carbons (Fsp3) is 0.364. The molecule has 0 bridgehead atoms. The molecule has 0 aliphatic heterocycles. The van der Waals surface area contributed by atoms with Crippen LogP contribution in [0.3, 0.4) is 0 Å². The highest BCUT2D eigenvalue weighted by molar-refractivity contribution is 7.92. The molecular formula is C22H28N4O7S. The lowest BCUT2D eigenvalue weighted by Gasteiger charge is -2.31. The van der Waals surface area contributed by atoms with Crippen molar-refractivity contribution in [1.82, 2.24) is 10.2 Å². The highest BCUT2D eigenvalue weighted by Gasteiger charge is 2.31. The SMILES string of the molecule is CNC(=O)[C@H](C)N(Cc1ccc(C)cc1)C(=O)CN(c1cc([N+](=O)[O-])ccc1OC)S(C)(=O)=O. The number of hydrogen-bond donors (Lipinski definition) is 1. The van der Waals surface area contributed by atoms with Crippen LogP contribution in [0.1, 0.15) is 18.1 Å². The molecular weight excluding hydrogens is 464 g/mol. The number of nitrogens with one attached hydrogen (secondary N) is 1. The van der Waals surface area contributed by atoms with Crippen molar-refractivity contribution < 1.29 is 27.7 Å². The number of methoxy groups -OCH3 is 1. The smallest absolute Gasteiger partial charge is 0.271 e. The summed E-state index contributed by atoms with van der Waals surface area (Å²) >= 11 is 0. The monoisotopic (exact) mass is 492 g/mol. The fourth-order valence-electron chi connectivity index (χ4n) is 3.26. The van der Waals surface area contributed by atoms with Crippen LogP contribution in [-0.4, -0.2) is 63.1 Å². The van der Waals surface area contributed by atoms with Gasteiger partial charge in [0.25, 0.3) is 5.69 Å². The second kappa shape index (κ2) is 11.0. The van der Waals surface area contributed by atoms with Crippen molar-refractivity contribution in [1.29, 1.82) is 0 Å². The maximum Gasteiger partial charge on any atom is 0.271 e. The number of nitro benzene ring substituents is 1. The predicted octanol–water partition coefficient (Wildman–Crippen LogP) is 1.84. The third-order valence-electron chi connectivity index (χ3n) is 5.21. The topological polar surface area (TPSA) is 139 Å². The maximum absolute atomic E-state index is 13.4. The normalized spacial score (nSPS) is 11.9. The summed E-state index contributed by atoms with van der Waals surface area (Å²) in [5.74, 6) is -1.07. The summed E-state index contributed by atoms with van der Waals surface area (Å²) in [4.78, 5) is 37.6. The van der Waals surface area contributed by atoms with Gasteiger partial charge in [0.15, 0.2) is 0 Å². The molecule has 0 saturated carbocycles. The van der Waals surface area contributed by atoms with Gasteiger partial charge in [0.2, 0.25) is 21.8 Å². The number of sulfonamides is 1. The Hall–Kier alpha value is -3.67. The first-order valence-electron chi connectivity index (χ1n) is 10.3. The van der Waals surface area contributed by atoms with E-state index in [1.807, 2.05) is 31.2 Å². The summed E-state index contributed by atoms with van der Waals surface area (Å²) < 4.78 is 31.2. The Labute approximate surface area is 198 Å². The number of amides is 2. The molecule has 2 rings (SSSR count). The van der Waals surface area contributed by atoms with E-state index in [2.05, 4.69) is 5.32 Å². The fourth-order valence-corrected chi connectivity index (χ4v) is 4.11. The predicted molar refractivity (Wildman–Crippen MR) is 127 cm³/mol. The number of nitrogens with zero attached hydrogens (tertiary/aromatic N) is 3. The molecule has 0 radical (unpaired) electrons. The van der Waals surface area contributed by atoms with Gasteiger partial charge >= 0.3 is 0 Å².